The summed E-state index contributed by atoms with van der Waals surface area (Å²) in [6, 6.07) is 6.02. The highest BCUT2D eigenvalue weighted by molar-refractivity contribution is 5.74. The van der Waals surface area contributed by atoms with E-state index in [0.717, 1.165) is 50.3 Å². The number of hydrogen-bond donors (Lipinski definition) is 1. The van der Waals surface area contributed by atoms with Gasteiger partial charge in [-0.1, -0.05) is 6.07 Å². The second-order valence-electron chi connectivity index (χ2n) is 6.21. The van der Waals surface area contributed by atoms with Crippen LogP contribution in [0.1, 0.15) is 43.2 Å². The largest absolute Gasteiger partial charge is 0.338 e. The van der Waals surface area contributed by atoms with Crippen molar-refractivity contribution >= 4 is 6.03 Å². The molecule has 6 nitrogen and oxygen atoms in total. The van der Waals surface area contributed by atoms with E-state index in [2.05, 4.69) is 19.9 Å². The Balaban J connectivity index is 1.52. The molecule has 0 spiro atoms. The standard InChI is InChI=1S/C18H25N5O/c1-15-19-11-14-22(15)12-6-10-21-18(24)23-13-5-3-8-17(23)16-7-2-4-9-20-16/h2,4,7,9,11,14,17H,3,5-6,8,10,12-13H2,1H3,(H,21,24). The van der Waals surface area contributed by atoms with Crippen molar-refractivity contribution in [2.24, 2.45) is 0 Å². The molecule has 1 atom stereocenters. The number of urea groups is 1. The Morgan fingerprint density at radius 3 is 2.96 bits per heavy atom. The molecule has 6 heteroatoms. The maximum atomic E-state index is 12.6. The summed E-state index contributed by atoms with van der Waals surface area (Å²) in [6.07, 6.45) is 9.66. The molecule has 24 heavy (non-hydrogen) atoms. The quantitative estimate of drug-likeness (QED) is 0.859. The molecular formula is C18H25N5O. The van der Waals surface area contributed by atoms with Gasteiger partial charge in [-0.25, -0.2) is 9.78 Å². The predicted molar refractivity (Wildman–Crippen MR) is 92.5 cm³/mol. The Kier molecular flexibility index (Phi) is 5.46. The fraction of sp³-hybridized carbons (Fsp3) is 0.500. The summed E-state index contributed by atoms with van der Waals surface area (Å²) in [5.41, 5.74) is 0.987. The summed E-state index contributed by atoms with van der Waals surface area (Å²) in [7, 11) is 0. The first kappa shape index (κ1) is 16.5. The number of aryl methyl sites for hydroxylation is 2. The second-order valence-corrected chi connectivity index (χ2v) is 6.21. The van der Waals surface area contributed by atoms with E-state index >= 15 is 0 Å². The fourth-order valence-corrected chi connectivity index (χ4v) is 3.24. The van der Waals surface area contributed by atoms with Gasteiger partial charge < -0.3 is 14.8 Å². The van der Waals surface area contributed by atoms with Crippen LogP contribution in [-0.4, -0.2) is 38.6 Å². The summed E-state index contributed by atoms with van der Waals surface area (Å²) < 4.78 is 2.10. The van der Waals surface area contributed by atoms with Crippen LogP contribution in [0.25, 0.3) is 0 Å². The number of carbonyl (C=O) groups is 1. The Morgan fingerprint density at radius 2 is 2.21 bits per heavy atom. The monoisotopic (exact) mass is 327 g/mol. The Morgan fingerprint density at radius 1 is 1.29 bits per heavy atom. The number of imidazole rings is 1. The third kappa shape index (κ3) is 3.93. The van der Waals surface area contributed by atoms with Gasteiger partial charge in [0.1, 0.15) is 5.82 Å². The van der Waals surface area contributed by atoms with Crippen molar-refractivity contribution in [3.63, 3.8) is 0 Å². The molecule has 2 amide bonds. The third-order valence-corrected chi connectivity index (χ3v) is 4.57. The number of pyridine rings is 1. The third-order valence-electron chi connectivity index (χ3n) is 4.57. The van der Waals surface area contributed by atoms with Crippen molar-refractivity contribution < 1.29 is 4.79 Å². The van der Waals surface area contributed by atoms with Crippen molar-refractivity contribution in [1.82, 2.24) is 24.8 Å². The van der Waals surface area contributed by atoms with E-state index in [1.54, 1.807) is 12.4 Å². The van der Waals surface area contributed by atoms with Gasteiger partial charge >= 0.3 is 6.03 Å². The highest BCUT2D eigenvalue weighted by Crippen LogP contribution is 2.29. The van der Waals surface area contributed by atoms with Crippen molar-refractivity contribution in [2.75, 3.05) is 13.1 Å². The van der Waals surface area contributed by atoms with E-state index < -0.39 is 0 Å². The number of aromatic nitrogens is 3. The first-order valence-electron chi connectivity index (χ1n) is 8.69. The van der Waals surface area contributed by atoms with Gasteiger partial charge in [-0.05, 0) is 44.7 Å². The fourth-order valence-electron chi connectivity index (χ4n) is 3.24. The van der Waals surface area contributed by atoms with Crippen molar-refractivity contribution in [1.29, 1.82) is 0 Å². The molecule has 0 aliphatic carbocycles. The smallest absolute Gasteiger partial charge is 0.317 e. The number of likely N-dealkylation sites (tertiary alicyclic amines) is 1. The van der Waals surface area contributed by atoms with Crippen LogP contribution in [0, 0.1) is 6.92 Å². The van der Waals surface area contributed by atoms with Crippen molar-refractivity contribution in [3.8, 4) is 0 Å². The highest BCUT2D eigenvalue weighted by Gasteiger charge is 2.28. The minimum Gasteiger partial charge on any atom is -0.338 e. The minimum absolute atomic E-state index is 0.0210. The van der Waals surface area contributed by atoms with Crippen LogP contribution in [0.4, 0.5) is 4.79 Å². The Bertz CT molecular complexity index is 654. The number of nitrogens with zero attached hydrogens (tertiary/aromatic N) is 4. The topological polar surface area (TPSA) is 63.1 Å². The molecule has 1 unspecified atom stereocenters. The van der Waals surface area contributed by atoms with E-state index in [1.807, 2.05) is 36.2 Å². The molecule has 0 aromatic carbocycles. The molecule has 2 aromatic rings. The van der Waals surface area contributed by atoms with Gasteiger partial charge in [0.05, 0.1) is 11.7 Å². The molecule has 3 rings (SSSR count). The summed E-state index contributed by atoms with van der Waals surface area (Å²) in [5, 5.41) is 3.06. The van der Waals surface area contributed by atoms with Crippen molar-refractivity contribution in [2.45, 2.75) is 45.2 Å². The first-order valence-corrected chi connectivity index (χ1v) is 8.69. The van der Waals surface area contributed by atoms with Gasteiger partial charge in [0, 0.05) is 38.2 Å². The lowest BCUT2D eigenvalue weighted by Crippen LogP contribution is -2.45. The Labute approximate surface area is 142 Å². The molecule has 1 aliphatic rings. The van der Waals surface area contributed by atoms with Crippen LogP contribution >= 0.6 is 0 Å². The van der Waals surface area contributed by atoms with Crippen molar-refractivity contribution in [3.05, 3.63) is 48.3 Å². The zero-order valence-electron chi connectivity index (χ0n) is 14.2. The number of piperidine rings is 1. The number of carbonyl (C=O) groups excluding carboxylic acids is 1. The van der Waals surface area contributed by atoms with E-state index in [9.17, 15) is 4.79 Å². The summed E-state index contributed by atoms with van der Waals surface area (Å²) in [6.45, 7) is 4.33. The lowest BCUT2D eigenvalue weighted by molar-refractivity contribution is 0.149. The van der Waals surface area contributed by atoms with E-state index in [0.29, 0.717) is 6.54 Å². The summed E-state index contributed by atoms with van der Waals surface area (Å²) in [5.74, 6) is 1.01. The molecule has 0 bridgehead atoms. The Hall–Kier alpha value is -2.37. The van der Waals surface area contributed by atoms with Gasteiger partial charge in [0.15, 0.2) is 0 Å². The van der Waals surface area contributed by atoms with E-state index in [4.69, 9.17) is 0 Å². The molecule has 1 fully saturated rings. The molecule has 1 aliphatic heterocycles. The van der Waals surface area contributed by atoms with Gasteiger partial charge in [0.25, 0.3) is 0 Å². The van der Waals surface area contributed by atoms with Gasteiger partial charge in [0.2, 0.25) is 0 Å². The van der Waals surface area contributed by atoms with Crippen LogP contribution in [0.5, 0.6) is 0 Å². The van der Waals surface area contributed by atoms with Crippen LogP contribution in [-0.2, 0) is 6.54 Å². The lowest BCUT2D eigenvalue weighted by atomic mass is 9.99. The molecule has 1 N–H and O–H groups in total. The predicted octanol–water partition coefficient (Wildman–Crippen LogP) is 2.91. The van der Waals surface area contributed by atoms with Gasteiger partial charge in [-0.15, -0.1) is 0 Å². The lowest BCUT2D eigenvalue weighted by Gasteiger charge is -2.35. The normalized spacial score (nSPS) is 17.7. The van der Waals surface area contributed by atoms with Crippen LogP contribution in [0.2, 0.25) is 0 Å². The maximum Gasteiger partial charge on any atom is 0.317 e. The van der Waals surface area contributed by atoms with E-state index in [-0.39, 0.29) is 12.1 Å². The summed E-state index contributed by atoms with van der Waals surface area (Å²) in [4.78, 5) is 23.2. The van der Waals surface area contributed by atoms with Crippen LogP contribution in [0.3, 0.4) is 0 Å². The molecule has 2 aromatic heterocycles. The minimum atomic E-state index is 0.0210. The molecule has 0 radical (unpaired) electrons. The maximum absolute atomic E-state index is 12.6. The molecule has 0 saturated carbocycles. The number of amides is 2. The van der Waals surface area contributed by atoms with Gasteiger partial charge in [-0.3, -0.25) is 4.98 Å². The zero-order chi connectivity index (χ0) is 16.8. The first-order chi connectivity index (χ1) is 11.8. The van der Waals surface area contributed by atoms with Crippen LogP contribution < -0.4 is 5.32 Å². The zero-order valence-corrected chi connectivity index (χ0v) is 14.2. The average Bonchev–Trinajstić information content (AvgIpc) is 3.04. The second kappa shape index (κ2) is 7.95. The summed E-state index contributed by atoms with van der Waals surface area (Å²) >= 11 is 0. The molecular weight excluding hydrogens is 302 g/mol. The molecule has 3 heterocycles. The van der Waals surface area contributed by atoms with Crippen LogP contribution in [0.15, 0.2) is 36.8 Å². The highest BCUT2D eigenvalue weighted by atomic mass is 16.2. The number of hydrogen-bond acceptors (Lipinski definition) is 3. The van der Waals surface area contributed by atoms with E-state index in [1.165, 1.54) is 0 Å². The van der Waals surface area contributed by atoms with Gasteiger partial charge in [-0.2, -0.15) is 0 Å². The SMILES string of the molecule is Cc1nccn1CCCNC(=O)N1CCCCC1c1ccccn1. The molecule has 128 valence electrons. The molecule has 1 saturated heterocycles. The number of rotatable bonds is 5. The average molecular weight is 327 g/mol. The number of nitrogens with one attached hydrogen (secondary N) is 1.